The first kappa shape index (κ1) is 14.2. The number of nitrogens with one attached hydrogen (secondary N) is 2. The molecule has 1 amide bonds. The molecule has 2 N–H and O–H groups in total. The van der Waals surface area contributed by atoms with Crippen LogP contribution in [0, 0.1) is 6.92 Å². The number of hydrazine groups is 1. The Labute approximate surface area is 119 Å². The highest BCUT2D eigenvalue weighted by Crippen LogP contribution is 2.33. The van der Waals surface area contributed by atoms with Crippen LogP contribution >= 0.6 is 11.3 Å². The van der Waals surface area contributed by atoms with Gasteiger partial charge in [-0.2, -0.15) is 0 Å². The molecule has 0 aromatic carbocycles. The minimum Gasteiger partial charge on any atom is -0.462 e. The predicted molar refractivity (Wildman–Crippen MR) is 75.5 cm³/mol. The van der Waals surface area contributed by atoms with Crippen molar-refractivity contribution in [3.8, 4) is 0 Å². The van der Waals surface area contributed by atoms with Crippen LogP contribution in [0.1, 0.15) is 29.1 Å². The Balaban J connectivity index is 2.46. The Morgan fingerprint density at radius 2 is 2.15 bits per heavy atom. The van der Waals surface area contributed by atoms with Crippen molar-refractivity contribution in [2.45, 2.75) is 20.8 Å². The number of carbonyl (C=O) groups is 2. The molecular weight excluding hydrogens is 280 g/mol. The number of nitrogens with zero attached hydrogens (tertiary/aromatic N) is 2. The van der Waals surface area contributed by atoms with E-state index in [9.17, 15) is 9.59 Å². The van der Waals surface area contributed by atoms with Crippen molar-refractivity contribution >= 4 is 39.2 Å². The van der Waals surface area contributed by atoms with Gasteiger partial charge in [-0.1, -0.05) is 0 Å². The maximum Gasteiger partial charge on any atom is 0.348 e. The summed E-state index contributed by atoms with van der Waals surface area (Å²) in [5, 5.41) is 0.703. The molecule has 2 aromatic rings. The molecule has 2 heterocycles. The molecule has 20 heavy (non-hydrogen) atoms. The van der Waals surface area contributed by atoms with Crippen molar-refractivity contribution in [3.63, 3.8) is 0 Å². The third-order valence-electron chi connectivity index (χ3n) is 2.54. The molecule has 0 spiro atoms. The zero-order chi connectivity index (χ0) is 14.7. The van der Waals surface area contributed by atoms with Crippen LogP contribution in [0.15, 0.2) is 6.33 Å². The highest BCUT2D eigenvalue weighted by atomic mass is 32.1. The molecule has 106 valence electrons. The number of hydrogen-bond donors (Lipinski definition) is 2. The summed E-state index contributed by atoms with van der Waals surface area (Å²) < 4.78 is 5.01. The van der Waals surface area contributed by atoms with Gasteiger partial charge in [0.15, 0.2) is 5.82 Å². The molecule has 7 nitrogen and oxygen atoms in total. The van der Waals surface area contributed by atoms with Gasteiger partial charge in [0.05, 0.1) is 12.0 Å². The number of aryl methyl sites for hydroxylation is 1. The fourth-order valence-corrected chi connectivity index (χ4v) is 2.75. The number of hydrogen-bond acceptors (Lipinski definition) is 7. The summed E-state index contributed by atoms with van der Waals surface area (Å²) in [7, 11) is 0. The molecule has 0 bridgehead atoms. The van der Waals surface area contributed by atoms with Crippen LogP contribution in [0.2, 0.25) is 0 Å². The van der Waals surface area contributed by atoms with E-state index < -0.39 is 0 Å². The molecule has 2 aromatic heterocycles. The van der Waals surface area contributed by atoms with E-state index in [4.69, 9.17) is 4.74 Å². The molecular formula is C12H14N4O3S. The van der Waals surface area contributed by atoms with Gasteiger partial charge in [-0.05, 0) is 19.4 Å². The number of aromatic nitrogens is 2. The first-order valence-electron chi connectivity index (χ1n) is 5.98. The molecule has 0 aliphatic rings. The van der Waals surface area contributed by atoms with Crippen molar-refractivity contribution in [2.75, 3.05) is 12.0 Å². The van der Waals surface area contributed by atoms with Gasteiger partial charge < -0.3 is 4.74 Å². The zero-order valence-corrected chi connectivity index (χ0v) is 12.1. The third kappa shape index (κ3) is 2.69. The Hall–Kier alpha value is -2.22. The normalized spacial score (nSPS) is 10.3. The van der Waals surface area contributed by atoms with Crippen LogP contribution in [-0.4, -0.2) is 28.5 Å². The Morgan fingerprint density at radius 3 is 2.80 bits per heavy atom. The second-order valence-corrected chi connectivity index (χ2v) is 4.98. The van der Waals surface area contributed by atoms with E-state index in [2.05, 4.69) is 20.8 Å². The molecule has 0 aliphatic heterocycles. The lowest BCUT2D eigenvalue weighted by atomic mass is 10.2. The van der Waals surface area contributed by atoms with Gasteiger partial charge >= 0.3 is 5.97 Å². The zero-order valence-electron chi connectivity index (χ0n) is 11.3. The first-order chi connectivity index (χ1) is 9.54. The molecule has 0 radical (unpaired) electrons. The van der Waals surface area contributed by atoms with Crippen LogP contribution in [-0.2, 0) is 9.53 Å². The first-order valence-corrected chi connectivity index (χ1v) is 6.80. The van der Waals surface area contributed by atoms with Crippen molar-refractivity contribution < 1.29 is 14.3 Å². The number of thiophene rings is 1. The van der Waals surface area contributed by atoms with E-state index in [1.54, 1.807) is 13.8 Å². The molecule has 0 saturated carbocycles. The molecule has 0 fully saturated rings. The molecule has 0 atom stereocenters. The minimum atomic E-state index is -0.376. The third-order valence-corrected chi connectivity index (χ3v) is 3.72. The molecule has 8 heteroatoms. The summed E-state index contributed by atoms with van der Waals surface area (Å²) in [6.45, 7) is 5.25. The standard InChI is InChI=1S/C12H14N4O3S/c1-4-19-12(18)9-6(2)8-10(16-15-7(3)17)13-5-14-11(8)20-9/h5H,4H2,1-3H3,(H,15,17)(H,13,14,16). The predicted octanol–water partition coefficient (Wildman–Crippen LogP) is 1.64. The highest BCUT2D eigenvalue weighted by Gasteiger charge is 2.20. The summed E-state index contributed by atoms with van der Waals surface area (Å²) in [6.07, 6.45) is 1.37. The number of rotatable bonds is 4. The van der Waals surface area contributed by atoms with E-state index >= 15 is 0 Å². The average molecular weight is 294 g/mol. The summed E-state index contributed by atoms with van der Waals surface area (Å²) in [5.74, 6) is -0.164. The summed E-state index contributed by atoms with van der Waals surface area (Å²) >= 11 is 1.24. The number of anilines is 1. The summed E-state index contributed by atoms with van der Waals surface area (Å²) in [4.78, 5) is 32.2. The Kier molecular flexibility index (Phi) is 4.14. The second kappa shape index (κ2) is 5.83. The smallest absolute Gasteiger partial charge is 0.348 e. The topological polar surface area (TPSA) is 93.2 Å². The Morgan fingerprint density at radius 1 is 1.40 bits per heavy atom. The van der Waals surface area contributed by atoms with Gasteiger partial charge in [-0.25, -0.2) is 14.8 Å². The fourth-order valence-electron chi connectivity index (χ4n) is 1.70. The van der Waals surface area contributed by atoms with Gasteiger partial charge in [-0.15, -0.1) is 11.3 Å². The van der Waals surface area contributed by atoms with E-state index in [1.165, 1.54) is 24.6 Å². The number of ether oxygens (including phenoxy) is 1. The highest BCUT2D eigenvalue weighted by molar-refractivity contribution is 7.20. The average Bonchev–Trinajstić information content (AvgIpc) is 2.75. The summed E-state index contributed by atoms with van der Waals surface area (Å²) in [6, 6.07) is 0. The van der Waals surface area contributed by atoms with Crippen molar-refractivity contribution in [1.82, 2.24) is 15.4 Å². The lowest BCUT2D eigenvalue weighted by molar-refractivity contribution is -0.118. The van der Waals surface area contributed by atoms with Crippen molar-refractivity contribution in [2.24, 2.45) is 0 Å². The van der Waals surface area contributed by atoms with Gasteiger partial charge in [0.25, 0.3) is 0 Å². The van der Waals surface area contributed by atoms with Crippen LogP contribution < -0.4 is 10.9 Å². The number of esters is 1. The van der Waals surface area contributed by atoms with E-state index in [-0.39, 0.29) is 11.9 Å². The van der Waals surface area contributed by atoms with Gasteiger partial charge in [-0.3, -0.25) is 15.6 Å². The number of fused-ring (bicyclic) bond motifs is 1. The lowest BCUT2D eigenvalue weighted by Crippen LogP contribution is -2.27. The van der Waals surface area contributed by atoms with Crippen LogP contribution in [0.25, 0.3) is 10.2 Å². The monoisotopic (exact) mass is 294 g/mol. The number of amides is 1. The molecule has 0 saturated heterocycles. The van der Waals surface area contributed by atoms with Crippen LogP contribution in [0.3, 0.4) is 0 Å². The van der Waals surface area contributed by atoms with Crippen molar-refractivity contribution in [1.29, 1.82) is 0 Å². The minimum absolute atomic E-state index is 0.240. The maximum atomic E-state index is 11.9. The van der Waals surface area contributed by atoms with E-state index in [0.29, 0.717) is 27.5 Å². The largest absolute Gasteiger partial charge is 0.462 e. The van der Waals surface area contributed by atoms with E-state index in [0.717, 1.165) is 5.56 Å². The van der Waals surface area contributed by atoms with Gasteiger partial charge in [0.2, 0.25) is 5.91 Å². The quantitative estimate of drug-likeness (QED) is 0.657. The summed E-state index contributed by atoms with van der Waals surface area (Å²) in [5.41, 5.74) is 5.90. The Bertz CT molecular complexity index is 668. The second-order valence-electron chi connectivity index (χ2n) is 3.99. The van der Waals surface area contributed by atoms with E-state index in [1.807, 2.05) is 0 Å². The van der Waals surface area contributed by atoms with Gasteiger partial charge in [0, 0.05) is 6.92 Å². The van der Waals surface area contributed by atoms with Crippen LogP contribution in [0.5, 0.6) is 0 Å². The molecule has 0 unspecified atom stereocenters. The lowest BCUT2D eigenvalue weighted by Gasteiger charge is -2.06. The number of carbonyl (C=O) groups excluding carboxylic acids is 2. The van der Waals surface area contributed by atoms with Gasteiger partial charge in [0.1, 0.15) is 16.0 Å². The van der Waals surface area contributed by atoms with Crippen LogP contribution in [0.4, 0.5) is 5.82 Å². The maximum absolute atomic E-state index is 11.9. The fraction of sp³-hybridized carbons (Fsp3) is 0.333. The van der Waals surface area contributed by atoms with Crippen molar-refractivity contribution in [3.05, 3.63) is 16.8 Å². The molecule has 0 aliphatic carbocycles. The SMILES string of the molecule is CCOC(=O)c1sc2ncnc(NNC(C)=O)c2c1C. The molecule has 2 rings (SSSR count).